The van der Waals surface area contributed by atoms with E-state index in [1.807, 2.05) is 19.1 Å². The van der Waals surface area contributed by atoms with E-state index in [-0.39, 0.29) is 16.8 Å². The van der Waals surface area contributed by atoms with Crippen molar-refractivity contribution in [3.05, 3.63) is 58.1 Å². The monoisotopic (exact) mass is 444 g/mol. The van der Waals surface area contributed by atoms with Gasteiger partial charge in [-0.1, -0.05) is 35.3 Å². The molecule has 0 unspecified atom stereocenters. The smallest absolute Gasteiger partial charge is 0.244 e. The minimum atomic E-state index is -3.80. The average molecular weight is 445 g/mol. The number of carbonyl (C=O) groups excluding carboxylic acids is 1. The van der Waals surface area contributed by atoms with Crippen molar-refractivity contribution in [3.63, 3.8) is 0 Å². The number of ether oxygens (including phenoxy) is 1. The first-order valence-electron chi connectivity index (χ1n) is 8.43. The van der Waals surface area contributed by atoms with Gasteiger partial charge in [-0.3, -0.25) is 9.10 Å². The van der Waals surface area contributed by atoms with Gasteiger partial charge in [-0.25, -0.2) is 8.42 Å². The molecule has 2 aromatic rings. The number of sulfonamides is 1. The number of halogens is 2. The largest absolute Gasteiger partial charge is 0.497 e. The number of nitrogens with zero attached hydrogens (tertiary/aromatic N) is 1. The van der Waals surface area contributed by atoms with E-state index in [0.717, 1.165) is 16.1 Å². The number of benzene rings is 2. The molecule has 0 spiro atoms. The number of carbonyl (C=O) groups is 1. The lowest BCUT2D eigenvalue weighted by Crippen LogP contribution is -2.48. The maximum absolute atomic E-state index is 12.8. The first-order valence-corrected chi connectivity index (χ1v) is 11.0. The number of anilines is 1. The molecular formula is C19H22Cl2N2O4S. The summed E-state index contributed by atoms with van der Waals surface area (Å²) >= 11 is 12.2. The average Bonchev–Trinajstić information content (AvgIpc) is 2.63. The molecule has 2 rings (SSSR count). The Morgan fingerprint density at radius 3 is 2.25 bits per heavy atom. The second kappa shape index (κ2) is 9.03. The van der Waals surface area contributed by atoms with Gasteiger partial charge in [0.15, 0.2) is 0 Å². The Kier molecular flexibility index (Phi) is 7.20. The van der Waals surface area contributed by atoms with Crippen LogP contribution in [0, 0.1) is 0 Å². The van der Waals surface area contributed by atoms with Crippen LogP contribution in [0.2, 0.25) is 10.0 Å². The van der Waals surface area contributed by atoms with E-state index < -0.39 is 22.0 Å². The van der Waals surface area contributed by atoms with Gasteiger partial charge in [-0.05, 0) is 49.7 Å². The van der Waals surface area contributed by atoms with E-state index >= 15 is 0 Å². The predicted octanol–water partition coefficient (Wildman–Crippen LogP) is 4.03. The van der Waals surface area contributed by atoms with E-state index in [1.165, 1.54) is 19.1 Å². The molecular weight excluding hydrogens is 423 g/mol. The third-order valence-electron chi connectivity index (χ3n) is 4.21. The van der Waals surface area contributed by atoms with E-state index in [0.29, 0.717) is 10.8 Å². The fraction of sp³-hybridized carbons (Fsp3) is 0.316. The lowest BCUT2D eigenvalue weighted by Gasteiger charge is -2.30. The van der Waals surface area contributed by atoms with Gasteiger partial charge < -0.3 is 10.1 Å². The summed E-state index contributed by atoms with van der Waals surface area (Å²) in [5, 5.41) is 3.32. The molecule has 1 N–H and O–H groups in total. The molecule has 0 aliphatic carbocycles. The molecule has 0 radical (unpaired) electrons. The van der Waals surface area contributed by atoms with Gasteiger partial charge in [-0.2, -0.15) is 0 Å². The quantitative estimate of drug-likeness (QED) is 0.698. The van der Waals surface area contributed by atoms with Gasteiger partial charge in [0.05, 0.1) is 30.1 Å². The van der Waals surface area contributed by atoms with Crippen LogP contribution in [0.5, 0.6) is 5.75 Å². The van der Waals surface area contributed by atoms with Crippen molar-refractivity contribution < 1.29 is 17.9 Å². The summed E-state index contributed by atoms with van der Waals surface area (Å²) in [5.41, 5.74) is 1.00. The van der Waals surface area contributed by atoms with Gasteiger partial charge >= 0.3 is 0 Å². The summed E-state index contributed by atoms with van der Waals surface area (Å²) in [5.74, 6) is 0.235. The number of amides is 1. The Hall–Kier alpha value is -1.96. The molecule has 9 heteroatoms. The lowest BCUT2D eigenvalue weighted by atomic mass is 10.1. The van der Waals surface area contributed by atoms with Crippen LogP contribution >= 0.6 is 23.2 Å². The van der Waals surface area contributed by atoms with Gasteiger partial charge in [0.2, 0.25) is 15.9 Å². The van der Waals surface area contributed by atoms with Crippen LogP contribution in [0.25, 0.3) is 0 Å². The van der Waals surface area contributed by atoms with Crippen LogP contribution in [0.3, 0.4) is 0 Å². The van der Waals surface area contributed by atoms with Crippen molar-refractivity contribution in [3.8, 4) is 5.75 Å². The van der Waals surface area contributed by atoms with Gasteiger partial charge in [0.1, 0.15) is 11.8 Å². The maximum atomic E-state index is 12.8. The molecule has 6 nitrogen and oxygen atoms in total. The summed E-state index contributed by atoms with van der Waals surface area (Å²) in [4.78, 5) is 12.8. The highest BCUT2D eigenvalue weighted by atomic mass is 35.5. The summed E-state index contributed by atoms with van der Waals surface area (Å²) in [6, 6.07) is 10.3. The highest BCUT2D eigenvalue weighted by Crippen LogP contribution is 2.32. The van der Waals surface area contributed by atoms with Crippen LogP contribution in [0.1, 0.15) is 25.5 Å². The van der Waals surface area contributed by atoms with Crippen molar-refractivity contribution in [1.82, 2.24) is 5.32 Å². The second-order valence-corrected chi connectivity index (χ2v) is 9.04. The SMILES string of the molecule is COc1ccc([C@@H](C)NC(=O)[C@H](C)N(c2cc(Cl)ccc2Cl)S(C)(=O)=O)cc1. The molecule has 0 bridgehead atoms. The standard InChI is InChI=1S/C19H22Cl2N2O4S/c1-12(14-5-8-16(27-3)9-6-14)22-19(24)13(2)23(28(4,25)26)18-11-15(20)7-10-17(18)21/h5-13H,1-4H3,(H,22,24)/t12-,13+/m1/s1. The number of methoxy groups -OCH3 is 1. The Balaban J connectivity index is 2.27. The molecule has 2 aromatic carbocycles. The highest BCUT2D eigenvalue weighted by molar-refractivity contribution is 7.92. The molecule has 28 heavy (non-hydrogen) atoms. The number of nitrogens with one attached hydrogen (secondary N) is 1. The molecule has 0 saturated carbocycles. The molecule has 0 fully saturated rings. The zero-order valence-corrected chi connectivity index (χ0v) is 18.3. The fourth-order valence-corrected chi connectivity index (χ4v) is 4.35. The highest BCUT2D eigenvalue weighted by Gasteiger charge is 2.31. The lowest BCUT2D eigenvalue weighted by molar-refractivity contribution is -0.122. The normalized spacial score (nSPS) is 13.5. The van der Waals surface area contributed by atoms with Crippen molar-refractivity contribution in [2.24, 2.45) is 0 Å². The summed E-state index contributed by atoms with van der Waals surface area (Å²) in [6.07, 6.45) is 1.01. The van der Waals surface area contributed by atoms with Gasteiger partial charge in [0.25, 0.3) is 0 Å². The van der Waals surface area contributed by atoms with Crippen molar-refractivity contribution in [1.29, 1.82) is 0 Å². The Labute approximate surface area is 175 Å². The molecule has 0 aromatic heterocycles. The molecule has 0 heterocycles. The second-order valence-electron chi connectivity index (χ2n) is 6.33. The number of rotatable bonds is 7. The number of hydrogen-bond acceptors (Lipinski definition) is 4. The summed E-state index contributed by atoms with van der Waals surface area (Å²) in [6.45, 7) is 3.30. The van der Waals surface area contributed by atoms with E-state index in [9.17, 15) is 13.2 Å². The van der Waals surface area contributed by atoms with Gasteiger partial charge in [-0.15, -0.1) is 0 Å². The zero-order chi connectivity index (χ0) is 21.1. The van der Waals surface area contributed by atoms with Crippen LogP contribution in [-0.4, -0.2) is 33.7 Å². The predicted molar refractivity (Wildman–Crippen MR) is 113 cm³/mol. The van der Waals surface area contributed by atoms with Crippen LogP contribution in [0.15, 0.2) is 42.5 Å². The van der Waals surface area contributed by atoms with Crippen molar-refractivity contribution >= 4 is 44.8 Å². The molecule has 0 aliphatic heterocycles. The van der Waals surface area contributed by atoms with Crippen molar-refractivity contribution in [2.75, 3.05) is 17.7 Å². The van der Waals surface area contributed by atoms with E-state index in [2.05, 4.69) is 5.32 Å². The van der Waals surface area contributed by atoms with Crippen LogP contribution < -0.4 is 14.4 Å². The summed E-state index contributed by atoms with van der Waals surface area (Å²) in [7, 11) is -2.23. The zero-order valence-electron chi connectivity index (χ0n) is 15.9. The summed E-state index contributed by atoms with van der Waals surface area (Å²) < 4.78 is 30.9. The number of hydrogen-bond donors (Lipinski definition) is 1. The van der Waals surface area contributed by atoms with Crippen LogP contribution in [-0.2, 0) is 14.8 Å². The first kappa shape index (κ1) is 22.3. The molecule has 152 valence electrons. The third-order valence-corrected chi connectivity index (χ3v) is 5.99. The third kappa shape index (κ3) is 5.31. The van der Waals surface area contributed by atoms with Crippen molar-refractivity contribution in [2.45, 2.75) is 25.9 Å². The Bertz CT molecular complexity index is 949. The van der Waals surface area contributed by atoms with Gasteiger partial charge in [0, 0.05) is 5.02 Å². The maximum Gasteiger partial charge on any atom is 0.244 e. The molecule has 0 aliphatic rings. The van der Waals surface area contributed by atoms with E-state index in [1.54, 1.807) is 25.3 Å². The fourth-order valence-electron chi connectivity index (χ4n) is 2.75. The molecule has 0 saturated heterocycles. The minimum absolute atomic E-state index is 0.149. The Morgan fingerprint density at radius 2 is 1.71 bits per heavy atom. The topological polar surface area (TPSA) is 75.7 Å². The molecule has 1 amide bonds. The first-order chi connectivity index (χ1) is 13.0. The van der Waals surface area contributed by atoms with E-state index in [4.69, 9.17) is 27.9 Å². The molecule has 2 atom stereocenters. The minimum Gasteiger partial charge on any atom is -0.497 e. The Morgan fingerprint density at radius 1 is 1.11 bits per heavy atom. The van der Waals surface area contributed by atoms with Crippen LogP contribution in [0.4, 0.5) is 5.69 Å².